The lowest BCUT2D eigenvalue weighted by Crippen LogP contribution is -2.14. The van der Waals surface area contributed by atoms with Crippen molar-refractivity contribution in [2.75, 3.05) is 12.4 Å². The first-order valence-corrected chi connectivity index (χ1v) is 10.0. The van der Waals surface area contributed by atoms with Crippen LogP contribution in [0.25, 0.3) is 22.6 Å². The van der Waals surface area contributed by atoms with Crippen molar-refractivity contribution in [3.05, 3.63) is 90.5 Å². The smallest absolute Gasteiger partial charge is 0.277 e. The van der Waals surface area contributed by atoms with Gasteiger partial charge in [0.15, 0.2) is 5.69 Å². The number of pyridine rings is 1. The number of benzene rings is 2. The lowest BCUT2D eigenvalue weighted by molar-refractivity contribution is 0.102. The fourth-order valence-electron chi connectivity index (χ4n) is 3.43. The number of carbonyl (C=O) groups is 1. The van der Waals surface area contributed by atoms with Gasteiger partial charge in [-0.2, -0.15) is 9.90 Å². The van der Waals surface area contributed by atoms with E-state index in [4.69, 9.17) is 9.72 Å². The van der Waals surface area contributed by atoms with Gasteiger partial charge in [-0.25, -0.2) is 4.98 Å². The number of ether oxygens (including phenoxy) is 1. The average Bonchev–Trinajstić information content (AvgIpc) is 3.47. The third kappa shape index (κ3) is 3.69. The summed E-state index contributed by atoms with van der Waals surface area (Å²) in [5.41, 5.74) is 5.15. The van der Waals surface area contributed by atoms with E-state index in [1.54, 1.807) is 13.2 Å². The van der Waals surface area contributed by atoms with Gasteiger partial charge in [-0.1, -0.05) is 18.2 Å². The zero-order valence-corrected chi connectivity index (χ0v) is 17.6. The number of aromatic nitrogens is 5. The van der Waals surface area contributed by atoms with Crippen LogP contribution in [0.5, 0.6) is 5.75 Å². The van der Waals surface area contributed by atoms with Crippen molar-refractivity contribution in [3.63, 3.8) is 0 Å². The number of rotatable bonds is 5. The maximum atomic E-state index is 12.9. The summed E-state index contributed by atoms with van der Waals surface area (Å²) >= 11 is 0. The molecule has 0 saturated carbocycles. The molecule has 0 unspecified atom stereocenters. The molecule has 2 aromatic carbocycles. The standard InChI is InChI=1S/C24H20N6O2/c1-16-10-11-29-15-21(26-23(29)12-16)17-8-9-22(32-2)19(13-17)27-24(31)20-14-25-30(28-20)18-6-4-3-5-7-18/h3-15H,1-2H3,(H,27,31). The zero-order chi connectivity index (χ0) is 22.1. The molecule has 5 rings (SSSR count). The second-order valence-corrected chi connectivity index (χ2v) is 7.32. The highest BCUT2D eigenvalue weighted by atomic mass is 16.5. The molecule has 0 spiro atoms. The number of nitrogens with one attached hydrogen (secondary N) is 1. The highest BCUT2D eigenvalue weighted by Crippen LogP contribution is 2.31. The van der Waals surface area contributed by atoms with Gasteiger partial charge in [-0.15, -0.1) is 5.10 Å². The van der Waals surface area contributed by atoms with Crippen LogP contribution in [0.2, 0.25) is 0 Å². The van der Waals surface area contributed by atoms with Gasteiger partial charge >= 0.3 is 0 Å². The first kappa shape index (κ1) is 19.5. The second-order valence-electron chi connectivity index (χ2n) is 7.32. The summed E-state index contributed by atoms with van der Waals surface area (Å²) in [5, 5.41) is 11.4. The minimum absolute atomic E-state index is 0.199. The molecule has 1 N–H and O–H groups in total. The molecule has 3 heterocycles. The number of carbonyl (C=O) groups excluding carboxylic acids is 1. The topological polar surface area (TPSA) is 86.3 Å². The first-order chi connectivity index (χ1) is 15.6. The number of methoxy groups -OCH3 is 1. The minimum atomic E-state index is -0.381. The number of anilines is 1. The third-order valence-corrected chi connectivity index (χ3v) is 5.07. The fraction of sp³-hybridized carbons (Fsp3) is 0.0833. The lowest BCUT2D eigenvalue weighted by atomic mass is 10.1. The van der Waals surface area contributed by atoms with E-state index >= 15 is 0 Å². The van der Waals surface area contributed by atoms with Crippen molar-refractivity contribution in [3.8, 4) is 22.7 Å². The van der Waals surface area contributed by atoms with Crippen molar-refractivity contribution < 1.29 is 9.53 Å². The summed E-state index contributed by atoms with van der Waals surface area (Å²) in [4.78, 5) is 19.0. The normalized spacial score (nSPS) is 10.9. The Morgan fingerprint density at radius 1 is 1.06 bits per heavy atom. The van der Waals surface area contributed by atoms with Gasteiger partial charge < -0.3 is 14.5 Å². The molecule has 0 fully saturated rings. The highest BCUT2D eigenvalue weighted by molar-refractivity contribution is 6.03. The second kappa shape index (κ2) is 7.99. The summed E-state index contributed by atoms with van der Waals surface area (Å²) in [7, 11) is 1.56. The van der Waals surface area contributed by atoms with Gasteiger partial charge in [0, 0.05) is 18.0 Å². The molecule has 0 aliphatic rings. The van der Waals surface area contributed by atoms with E-state index in [0.717, 1.165) is 28.2 Å². The number of fused-ring (bicyclic) bond motifs is 1. The Hall–Kier alpha value is -4.46. The Morgan fingerprint density at radius 3 is 2.72 bits per heavy atom. The molecule has 1 amide bonds. The van der Waals surface area contributed by atoms with Crippen LogP contribution < -0.4 is 10.1 Å². The predicted octanol–water partition coefficient (Wildman–Crippen LogP) is 4.15. The first-order valence-electron chi connectivity index (χ1n) is 10.0. The highest BCUT2D eigenvalue weighted by Gasteiger charge is 2.16. The average molecular weight is 424 g/mol. The van der Waals surface area contributed by atoms with E-state index in [1.807, 2.05) is 78.3 Å². The molecule has 158 valence electrons. The zero-order valence-electron chi connectivity index (χ0n) is 17.6. The van der Waals surface area contributed by atoms with Crippen LogP contribution in [-0.4, -0.2) is 37.4 Å². The van der Waals surface area contributed by atoms with Crippen molar-refractivity contribution in [1.29, 1.82) is 0 Å². The minimum Gasteiger partial charge on any atom is -0.495 e. The molecule has 32 heavy (non-hydrogen) atoms. The van der Waals surface area contributed by atoms with E-state index in [1.165, 1.54) is 11.0 Å². The quantitative estimate of drug-likeness (QED) is 0.458. The van der Waals surface area contributed by atoms with Gasteiger partial charge in [-0.3, -0.25) is 4.79 Å². The molecule has 3 aromatic heterocycles. The third-order valence-electron chi connectivity index (χ3n) is 5.07. The SMILES string of the molecule is COc1ccc(-c2cn3ccc(C)cc3n2)cc1NC(=O)c1cnn(-c2ccccc2)n1. The van der Waals surface area contributed by atoms with E-state index in [2.05, 4.69) is 15.5 Å². The monoisotopic (exact) mass is 424 g/mol. The van der Waals surface area contributed by atoms with E-state index in [9.17, 15) is 4.79 Å². The van der Waals surface area contributed by atoms with Gasteiger partial charge in [0.25, 0.3) is 5.91 Å². The molecule has 0 aliphatic carbocycles. The predicted molar refractivity (Wildman–Crippen MR) is 121 cm³/mol. The van der Waals surface area contributed by atoms with Crippen LogP contribution in [-0.2, 0) is 0 Å². The van der Waals surface area contributed by atoms with E-state index in [-0.39, 0.29) is 11.6 Å². The maximum Gasteiger partial charge on any atom is 0.277 e. The Balaban J connectivity index is 1.44. The van der Waals surface area contributed by atoms with Crippen LogP contribution in [0.1, 0.15) is 16.1 Å². The number of hydrogen-bond donors (Lipinski definition) is 1. The number of nitrogens with zero attached hydrogens (tertiary/aromatic N) is 5. The van der Waals surface area contributed by atoms with Gasteiger partial charge in [0.1, 0.15) is 11.4 Å². The molecular formula is C24H20N6O2. The van der Waals surface area contributed by atoms with Crippen LogP contribution in [0.4, 0.5) is 5.69 Å². The summed E-state index contributed by atoms with van der Waals surface area (Å²) in [5.74, 6) is 0.158. The summed E-state index contributed by atoms with van der Waals surface area (Å²) in [6.07, 6.45) is 5.36. The molecule has 0 bridgehead atoms. The Morgan fingerprint density at radius 2 is 1.91 bits per heavy atom. The molecule has 8 heteroatoms. The van der Waals surface area contributed by atoms with Crippen LogP contribution in [0.3, 0.4) is 0 Å². The van der Waals surface area contributed by atoms with Crippen molar-refractivity contribution in [1.82, 2.24) is 24.4 Å². The van der Waals surface area contributed by atoms with Crippen LogP contribution >= 0.6 is 0 Å². The Bertz CT molecular complexity index is 1420. The largest absolute Gasteiger partial charge is 0.495 e. The van der Waals surface area contributed by atoms with Crippen molar-refractivity contribution in [2.24, 2.45) is 0 Å². The van der Waals surface area contributed by atoms with Gasteiger partial charge in [0.05, 0.1) is 30.4 Å². The summed E-state index contributed by atoms with van der Waals surface area (Å²) < 4.78 is 7.41. The van der Waals surface area contributed by atoms with E-state index < -0.39 is 0 Å². The number of hydrogen-bond acceptors (Lipinski definition) is 5. The van der Waals surface area contributed by atoms with Gasteiger partial charge in [-0.05, 0) is 55.0 Å². The van der Waals surface area contributed by atoms with Gasteiger partial charge in [0.2, 0.25) is 0 Å². The molecule has 5 aromatic rings. The summed E-state index contributed by atoms with van der Waals surface area (Å²) in [6, 6.07) is 19.0. The number of amides is 1. The number of aryl methyl sites for hydroxylation is 1. The molecule has 0 saturated heterocycles. The number of imidazole rings is 1. The Kier molecular flexibility index (Phi) is 4.87. The molecule has 0 radical (unpaired) electrons. The van der Waals surface area contributed by atoms with Crippen LogP contribution in [0, 0.1) is 6.92 Å². The fourth-order valence-corrected chi connectivity index (χ4v) is 3.43. The number of para-hydroxylation sites is 1. The van der Waals surface area contributed by atoms with Crippen LogP contribution in [0.15, 0.2) is 79.3 Å². The maximum absolute atomic E-state index is 12.9. The lowest BCUT2D eigenvalue weighted by Gasteiger charge is -2.10. The van der Waals surface area contributed by atoms with E-state index in [0.29, 0.717) is 11.4 Å². The molecule has 8 nitrogen and oxygen atoms in total. The van der Waals surface area contributed by atoms with Crippen molar-refractivity contribution in [2.45, 2.75) is 6.92 Å². The Labute approximate surface area is 184 Å². The molecule has 0 atom stereocenters. The van der Waals surface area contributed by atoms with Crippen molar-refractivity contribution >= 4 is 17.2 Å². The molecule has 0 aliphatic heterocycles. The molecular weight excluding hydrogens is 404 g/mol. The summed E-state index contributed by atoms with van der Waals surface area (Å²) in [6.45, 7) is 2.03.